The maximum Gasteiger partial charge on any atom is 0.0809 e. The van der Waals surface area contributed by atoms with Crippen molar-refractivity contribution in [3.8, 4) is 0 Å². The molecular formula is C16H17N3S. The molecule has 0 bridgehead atoms. The van der Waals surface area contributed by atoms with Gasteiger partial charge in [0.2, 0.25) is 0 Å². The fraction of sp³-hybridized carbons (Fsp3) is 0.250. The van der Waals surface area contributed by atoms with Crippen LogP contribution in [0.3, 0.4) is 0 Å². The maximum absolute atomic E-state index is 4.54. The van der Waals surface area contributed by atoms with Gasteiger partial charge in [0, 0.05) is 18.1 Å². The number of fused-ring (bicyclic) bond motifs is 1. The van der Waals surface area contributed by atoms with Gasteiger partial charge in [0.15, 0.2) is 0 Å². The molecule has 0 aliphatic heterocycles. The van der Waals surface area contributed by atoms with E-state index in [4.69, 9.17) is 0 Å². The molecule has 0 aliphatic rings. The molecule has 3 nitrogen and oxygen atoms in total. The minimum absolute atomic E-state index is 0.145. The summed E-state index contributed by atoms with van der Waals surface area (Å²) in [6, 6.07) is 8.61. The minimum atomic E-state index is 0.145. The van der Waals surface area contributed by atoms with Crippen molar-refractivity contribution in [2.24, 2.45) is 0 Å². The van der Waals surface area contributed by atoms with Crippen molar-refractivity contribution in [1.29, 1.82) is 0 Å². The molecule has 3 rings (SSSR count). The van der Waals surface area contributed by atoms with Crippen LogP contribution in [0.1, 0.15) is 29.8 Å². The van der Waals surface area contributed by atoms with Crippen LogP contribution in [0.25, 0.3) is 10.2 Å². The Bertz CT molecular complexity index is 703. The predicted octanol–water partition coefficient (Wildman–Crippen LogP) is 3.70. The van der Waals surface area contributed by atoms with Gasteiger partial charge >= 0.3 is 0 Å². The molecule has 0 fully saturated rings. The molecule has 0 radical (unpaired) electrons. The van der Waals surface area contributed by atoms with Gasteiger partial charge in [0.05, 0.1) is 16.3 Å². The fourth-order valence-electron chi connectivity index (χ4n) is 2.30. The summed E-state index contributed by atoms with van der Waals surface area (Å²) in [5.74, 6) is 0. The van der Waals surface area contributed by atoms with E-state index in [9.17, 15) is 0 Å². The summed E-state index contributed by atoms with van der Waals surface area (Å²) >= 11 is 1.73. The first-order valence-electron chi connectivity index (χ1n) is 6.77. The molecule has 0 aliphatic carbocycles. The van der Waals surface area contributed by atoms with Crippen LogP contribution in [0.5, 0.6) is 0 Å². The Hall–Kier alpha value is -1.78. The van der Waals surface area contributed by atoms with E-state index in [1.54, 1.807) is 11.3 Å². The van der Waals surface area contributed by atoms with Crippen molar-refractivity contribution in [2.45, 2.75) is 19.9 Å². The second-order valence-corrected chi connectivity index (χ2v) is 5.74. The van der Waals surface area contributed by atoms with Crippen LogP contribution in [-0.4, -0.2) is 16.5 Å². The van der Waals surface area contributed by atoms with Crippen LogP contribution in [0.15, 0.2) is 42.0 Å². The lowest BCUT2D eigenvalue weighted by molar-refractivity contribution is 0.627. The molecule has 20 heavy (non-hydrogen) atoms. The Morgan fingerprint density at radius 2 is 2.00 bits per heavy atom. The first kappa shape index (κ1) is 13.2. The number of rotatable bonds is 4. The van der Waals surface area contributed by atoms with E-state index in [1.807, 2.05) is 19.3 Å². The van der Waals surface area contributed by atoms with E-state index in [0.717, 1.165) is 17.8 Å². The second-order valence-electron chi connectivity index (χ2n) is 4.80. The van der Waals surface area contributed by atoms with Crippen LogP contribution in [0.4, 0.5) is 0 Å². The minimum Gasteiger partial charge on any atom is -0.306 e. The maximum atomic E-state index is 4.54. The SMILES string of the molecule is CCNC(c1ccc(C)nc1)c1cnc2ccsc2c1. The molecule has 0 saturated carbocycles. The van der Waals surface area contributed by atoms with Crippen molar-refractivity contribution in [2.75, 3.05) is 6.54 Å². The molecule has 1 N–H and O–H groups in total. The zero-order valence-corrected chi connectivity index (χ0v) is 12.4. The van der Waals surface area contributed by atoms with Crippen LogP contribution < -0.4 is 5.32 Å². The average molecular weight is 283 g/mol. The lowest BCUT2D eigenvalue weighted by Crippen LogP contribution is -2.22. The number of thiophene rings is 1. The molecular weight excluding hydrogens is 266 g/mol. The Kier molecular flexibility index (Phi) is 3.76. The Balaban J connectivity index is 2.02. The van der Waals surface area contributed by atoms with Gasteiger partial charge < -0.3 is 5.32 Å². The van der Waals surface area contributed by atoms with Gasteiger partial charge in [-0.3, -0.25) is 9.97 Å². The number of hydrogen-bond donors (Lipinski definition) is 1. The monoisotopic (exact) mass is 283 g/mol. The van der Waals surface area contributed by atoms with Crippen molar-refractivity contribution >= 4 is 21.6 Å². The average Bonchev–Trinajstić information content (AvgIpc) is 2.93. The van der Waals surface area contributed by atoms with E-state index in [2.05, 4.69) is 51.9 Å². The third kappa shape index (κ3) is 2.57. The lowest BCUT2D eigenvalue weighted by atomic mass is 10.0. The van der Waals surface area contributed by atoms with Crippen molar-refractivity contribution in [3.05, 3.63) is 58.9 Å². The van der Waals surface area contributed by atoms with E-state index in [1.165, 1.54) is 15.8 Å². The summed E-state index contributed by atoms with van der Waals surface area (Å²) in [5, 5.41) is 5.60. The van der Waals surface area contributed by atoms with E-state index < -0.39 is 0 Å². The highest BCUT2D eigenvalue weighted by Gasteiger charge is 2.14. The van der Waals surface area contributed by atoms with Gasteiger partial charge in [-0.25, -0.2) is 0 Å². The largest absolute Gasteiger partial charge is 0.306 e. The molecule has 1 atom stereocenters. The Labute approximate surface area is 122 Å². The highest BCUT2D eigenvalue weighted by Crippen LogP contribution is 2.26. The topological polar surface area (TPSA) is 37.8 Å². The fourth-order valence-corrected chi connectivity index (χ4v) is 3.09. The molecule has 0 spiro atoms. The smallest absolute Gasteiger partial charge is 0.0809 e. The summed E-state index contributed by atoms with van der Waals surface area (Å²) in [6.45, 7) is 5.03. The summed E-state index contributed by atoms with van der Waals surface area (Å²) in [6.07, 6.45) is 3.91. The number of aryl methyl sites for hydroxylation is 1. The van der Waals surface area contributed by atoms with Crippen molar-refractivity contribution in [1.82, 2.24) is 15.3 Å². The summed E-state index contributed by atoms with van der Waals surface area (Å²) < 4.78 is 1.23. The molecule has 1 unspecified atom stereocenters. The molecule has 3 heterocycles. The summed E-state index contributed by atoms with van der Waals surface area (Å²) in [4.78, 5) is 8.94. The van der Waals surface area contributed by atoms with Crippen molar-refractivity contribution < 1.29 is 0 Å². The van der Waals surface area contributed by atoms with E-state index >= 15 is 0 Å². The number of nitrogens with one attached hydrogen (secondary N) is 1. The molecule has 3 aromatic rings. The molecule has 102 valence electrons. The number of nitrogens with zero attached hydrogens (tertiary/aromatic N) is 2. The first-order chi connectivity index (χ1) is 9.78. The van der Waals surface area contributed by atoms with Crippen LogP contribution in [0, 0.1) is 6.92 Å². The van der Waals surface area contributed by atoms with Crippen LogP contribution in [-0.2, 0) is 0 Å². The highest BCUT2D eigenvalue weighted by molar-refractivity contribution is 7.17. The number of pyridine rings is 2. The molecule has 3 aromatic heterocycles. The summed E-state index contributed by atoms with van der Waals surface area (Å²) in [5.41, 5.74) is 4.47. The van der Waals surface area contributed by atoms with E-state index in [0.29, 0.717) is 0 Å². The van der Waals surface area contributed by atoms with Gasteiger partial charge in [0.1, 0.15) is 0 Å². The number of hydrogen-bond acceptors (Lipinski definition) is 4. The molecule has 0 saturated heterocycles. The van der Waals surface area contributed by atoms with Gasteiger partial charge in [-0.05, 0) is 48.2 Å². The van der Waals surface area contributed by atoms with Gasteiger partial charge in [0.25, 0.3) is 0 Å². The van der Waals surface area contributed by atoms with Crippen molar-refractivity contribution in [3.63, 3.8) is 0 Å². The van der Waals surface area contributed by atoms with Crippen LogP contribution in [0.2, 0.25) is 0 Å². The third-order valence-electron chi connectivity index (χ3n) is 3.33. The van der Waals surface area contributed by atoms with E-state index in [-0.39, 0.29) is 6.04 Å². The molecule has 0 amide bonds. The zero-order chi connectivity index (χ0) is 13.9. The molecule has 0 aromatic carbocycles. The normalized spacial score (nSPS) is 12.7. The Morgan fingerprint density at radius 3 is 2.75 bits per heavy atom. The quantitative estimate of drug-likeness (QED) is 0.793. The third-order valence-corrected chi connectivity index (χ3v) is 4.19. The van der Waals surface area contributed by atoms with Crippen LogP contribution >= 0.6 is 11.3 Å². The zero-order valence-electron chi connectivity index (χ0n) is 11.6. The lowest BCUT2D eigenvalue weighted by Gasteiger charge is -2.18. The van der Waals surface area contributed by atoms with Gasteiger partial charge in [-0.2, -0.15) is 0 Å². The predicted molar refractivity (Wildman–Crippen MR) is 84.1 cm³/mol. The summed E-state index contributed by atoms with van der Waals surface area (Å²) in [7, 11) is 0. The number of aromatic nitrogens is 2. The Morgan fingerprint density at radius 1 is 1.15 bits per heavy atom. The van der Waals surface area contributed by atoms with Gasteiger partial charge in [-0.15, -0.1) is 11.3 Å². The molecule has 4 heteroatoms. The standard InChI is InChI=1S/C16H17N3S/c1-3-17-16(12-5-4-11(2)18-9-12)13-8-15-14(19-10-13)6-7-20-15/h4-10,16-17H,3H2,1-2H3. The van der Waals surface area contributed by atoms with Gasteiger partial charge in [-0.1, -0.05) is 13.0 Å². The first-order valence-corrected chi connectivity index (χ1v) is 7.65. The highest BCUT2D eigenvalue weighted by atomic mass is 32.1. The second kappa shape index (κ2) is 5.69.